The lowest BCUT2D eigenvalue weighted by Gasteiger charge is -2.17. The van der Waals surface area contributed by atoms with Crippen molar-refractivity contribution < 1.29 is 14.3 Å². The summed E-state index contributed by atoms with van der Waals surface area (Å²) in [4.78, 5) is 30.6. The van der Waals surface area contributed by atoms with E-state index in [1.807, 2.05) is 44.2 Å². The standard InChI is InChI=1S/C24H29N3O4S/c1-16(2)31-14-8-13-27-23(29)20-11-5-6-12-21(20)26-24(27)32-17(3)22(28)25-18-9-7-10-19(15-18)30-4/h5-7,9-12,15-17H,8,13-14H2,1-4H3,(H,25,28)/t17-/m0/s1. The van der Waals surface area contributed by atoms with Gasteiger partial charge in [0.15, 0.2) is 5.16 Å². The van der Waals surface area contributed by atoms with E-state index in [2.05, 4.69) is 5.32 Å². The SMILES string of the molecule is COc1cccc(NC(=O)[C@H](C)Sc2nc3ccccc3c(=O)n2CCCOC(C)C)c1. The van der Waals surface area contributed by atoms with E-state index >= 15 is 0 Å². The number of fused-ring (bicyclic) bond motifs is 1. The quantitative estimate of drug-likeness (QED) is 0.278. The van der Waals surface area contributed by atoms with Crippen LogP contribution in [0.5, 0.6) is 5.75 Å². The van der Waals surface area contributed by atoms with Gasteiger partial charge in [0.05, 0.1) is 29.4 Å². The molecule has 1 N–H and O–H groups in total. The topological polar surface area (TPSA) is 82.5 Å². The van der Waals surface area contributed by atoms with E-state index in [4.69, 9.17) is 14.5 Å². The van der Waals surface area contributed by atoms with E-state index in [1.165, 1.54) is 11.8 Å². The summed E-state index contributed by atoms with van der Waals surface area (Å²) in [5.74, 6) is 0.483. The minimum Gasteiger partial charge on any atom is -0.497 e. The van der Waals surface area contributed by atoms with Gasteiger partial charge in [-0.3, -0.25) is 14.2 Å². The highest BCUT2D eigenvalue weighted by Gasteiger charge is 2.20. The molecule has 1 amide bonds. The second-order valence-electron chi connectivity index (χ2n) is 7.62. The minimum atomic E-state index is -0.465. The maximum Gasteiger partial charge on any atom is 0.262 e. The molecular weight excluding hydrogens is 426 g/mol. The second kappa shape index (κ2) is 11.2. The van der Waals surface area contributed by atoms with Gasteiger partial charge in [0, 0.05) is 24.9 Å². The molecule has 8 heteroatoms. The summed E-state index contributed by atoms with van der Waals surface area (Å²) in [5.41, 5.74) is 1.16. The Bertz CT molecular complexity index is 1130. The van der Waals surface area contributed by atoms with E-state index in [-0.39, 0.29) is 17.6 Å². The monoisotopic (exact) mass is 455 g/mol. The molecule has 3 aromatic rings. The zero-order valence-electron chi connectivity index (χ0n) is 18.8. The molecule has 0 saturated heterocycles. The molecule has 0 saturated carbocycles. The molecule has 0 aliphatic heterocycles. The zero-order valence-corrected chi connectivity index (χ0v) is 19.6. The fraction of sp³-hybridized carbons (Fsp3) is 0.375. The Hall–Kier alpha value is -2.84. The highest BCUT2D eigenvalue weighted by Crippen LogP contribution is 2.25. The number of hydrogen-bond donors (Lipinski definition) is 1. The van der Waals surface area contributed by atoms with Crippen molar-refractivity contribution in [3.8, 4) is 5.75 Å². The average Bonchev–Trinajstić information content (AvgIpc) is 2.78. The van der Waals surface area contributed by atoms with Crippen molar-refractivity contribution in [3.05, 3.63) is 58.9 Å². The summed E-state index contributed by atoms with van der Waals surface area (Å²) < 4.78 is 12.5. The van der Waals surface area contributed by atoms with Gasteiger partial charge in [0.25, 0.3) is 5.56 Å². The Morgan fingerprint density at radius 2 is 1.94 bits per heavy atom. The number of carbonyl (C=O) groups excluding carboxylic acids is 1. The number of para-hydroxylation sites is 1. The third-order valence-corrected chi connectivity index (χ3v) is 5.88. The lowest BCUT2D eigenvalue weighted by atomic mass is 10.2. The van der Waals surface area contributed by atoms with Crippen LogP contribution in [-0.4, -0.2) is 40.5 Å². The predicted molar refractivity (Wildman–Crippen MR) is 129 cm³/mol. The van der Waals surface area contributed by atoms with Crippen LogP contribution in [0.2, 0.25) is 0 Å². The number of rotatable bonds is 10. The van der Waals surface area contributed by atoms with E-state index < -0.39 is 5.25 Å². The highest BCUT2D eigenvalue weighted by atomic mass is 32.2. The molecule has 0 bridgehead atoms. The molecule has 170 valence electrons. The van der Waals surface area contributed by atoms with Gasteiger partial charge in [-0.05, 0) is 51.5 Å². The molecule has 7 nitrogen and oxygen atoms in total. The average molecular weight is 456 g/mol. The first-order valence-electron chi connectivity index (χ1n) is 10.6. The van der Waals surface area contributed by atoms with Crippen molar-refractivity contribution in [2.75, 3.05) is 19.0 Å². The van der Waals surface area contributed by atoms with Gasteiger partial charge in [-0.2, -0.15) is 0 Å². The van der Waals surface area contributed by atoms with Gasteiger partial charge in [0.2, 0.25) is 5.91 Å². The van der Waals surface area contributed by atoms with Crippen LogP contribution < -0.4 is 15.6 Å². The number of aromatic nitrogens is 2. The number of anilines is 1. The van der Waals surface area contributed by atoms with Crippen LogP contribution in [0.25, 0.3) is 10.9 Å². The maximum absolute atomic E-state index is 13.1. The van der Waals surface area contributed by atoms with Crippen LogP contribution in [0.3, 0.4) is 0 Å². The molecule has 1 atom stereocenters. The third kappa shape index (κ3) is 6.11. The van der Waals surface area contributed by atoms with Crippen molar-refractivity contribution in [2.45, 2.75) is 50.2 Å². The van der Waals surface area contributed by atoms with Crippen LogP contribution in [-0.2, 0) is 16.1 Å². The molecule has 3 rings (SSSR count). The third-order valence-electron chi connectivity index (χ3n) is 4.79. The highest BCUT2D eigenvalue weighted by molar-refractivity contribution is 8.00. The van der Waals surface area contributed by atoms with Gasteiger partial charge < -0.3 is 14.8 Å². The van der Waals surface area contributed by atoms with Crippen molar-refractivity contribution in [3.63, 3.8) is 0 Å². The van der Waals surface area contributed by atoms with Crippen LogP contribution in [0.1, 0.15) is 27.2 Å². The van der Waals surface area contributed by atoms with E-state index in [1.54, 1.807) is 36.8 Å². The van der Waals surface area contributed by atoms with Crippen molar-refractivity contribution >= 4 is 34.3 Å². The number of methoxy groups -OCH3 is 1. The number of nitrogens with zero attached hydrogens (tertiary/aromatic N) is 2. The van der Waals surface area contributed by atoms with E-state index in [0.29, 0.717) is 47.1 Å². The zero-order chi connectivity index (χ0) is 23.1. The molecule has 2 aromatic carbocycles. The summed E-state index contributed by atoms with van der Waals surface area (Å²) in [6, 6.07) is 14.5. The Balaban J connectivity index is 1.81. The molecule has 1 heterocycles. The summed E-state index contributed by atoms with van der Waals surface area (Å²) in [6.45, 7) is 6.78. The summed E-state index contributed by atoms with van der Waals surface area (Å²) in [7, 11) is 1.58. The number of hydrogen-bond acceptors (Lipinski definition) is 6. The molecule has 0 radical (unpaired) electrons. The maximum atomic E-state index is 13.1. The van der Waals surface area contributed by atoms with Crippen molar-refractivity contribution in [1.82, 2.24) is 9.55 Å². The van der Waals surface area contributed by atoms with Crippen LogP contribution in [0.4, 0.5) is 5.69 Å². The molecule has 0 aliphatic carbocycles. The van der Waals surface area contributed by atoms with E-state index in [9.17, 15) is 9.59 Å². The van der Waals surface area contributed by atoms with Gasteiger partial charge >= 0.3 is 0 Å². The smallest absolute Gasteiger partial charge is 0.262 e. The first kappa shape index (κ1) is 23.8. The number of benzene rings is 2. The minimum absolute atomic E-state index is 0.108. The van der Waals surface area contributed by atoms with Crippen LogP contribution in [0.15, 0.2) is 58.5 Å². The van der Waals surface area contributed by atoms with E-state index in [0.717, 1.165) is 0 Å². The van der Waals surface area contributed by atoms with Crippen LogP contribution in [0, 0.1) is 0 Å². The summed E-state index contributed by atoms with van der Waals surface area (Å²) in [6.07, 6.45) is 0.811. The Kier molecular flexibility index (Phi) is 8.30. The lowest BCUT2D eigenvalue weighted by Crippen LogP contribution is -2.27. The molecule has 0 spiro atoms. The Labute approximate surface area is 192 Å². The largest absolute Gasteiger partial charge is 0.497 e. The van der Waals surface area contributed by atoms with Gasteiger partial charge in [-0.15, -0.1) is 0 Å². The Morgan fingerprint density at radius 1 is 1.16 bits per heavy atom. The summed E-state index contributed by atoms with van der Waals surface area (Å²) >= 11 is 1.27. The molecule has 0 fully saturated rings. The molecule has 0 aliphatic rings. The molecule has 0 unspecified atom stereocenters. The molecule has 32 heavy (non-hydrogen) atoms. The van der Waals surface area contributed by atoms with Crippen molar-refractivity contribution in [2.24, 2.45) is 0 Å². The van der Waals surface area contributed by atoms with Crippen molar-refractivity contribution in [1.29, 1.82) is 0 Å². The van der Waals surface area contributed by atoms with Gasteiger partial charge in [-0.1, -0.05) is 30.0 Å². The Morgan fingerprint density at radius 3 is 2.69 bits per heavy atom. The number of nitrogens with one attached hydrogen (secondary N) is 1. The van der Waals surface area contributed by atoms with Gasteiger partial charge in [-0.25, -0.2) is 4.98 Å². The number of amides is 1. The lowest BCUT2D eigenvalue weighted by molar-refractivity contribution is -0.115. The fourth-order valence-corrected chi connectivity index (χ4v) is 4.07. The first-order chi connectivity index (χ1) is 15.4. The van der Waals surface area contributed by atoms with Gasteiger partial charge in [0.1, 0.15) is 5.75 Å². The molecular formula is C24H29N3O4S. The summed E-state index contributed by atoms with van der Waals surface area (Å²) in [5, 5.41) is 3.52. The molecule has 1 aromatic heterocycles. The second-order valence-corrected chi connectivity index (χ2v) is 8.93. The predicted octanol–water partition coefficient (Wildman–Crippen LogP) is 4.34. The van der Waals surface area contributed by atoms with Crippen LogP contribution >= 0.6 is 11.8 Å². The first-order valence-corrected chi connectivity index (χ1v) is 11.5. The normalized spacial score (nSPS) is 12.2. The number of thioether (sulfide) groups is 1. The number of ether oxygens (including phenoxy) is 2. The number of carbonyl (C=O) groups is 1. The fourth-order valence-electron chi connectivity index (χ4n) is 3.13.